The number of azo groups is 2. The Kier molecular flexibility index (Phi) is 8.49. The molecule has 0 aromatic heterocycles. The molecule has 0 bridgehead atoms. The number of phenolic OH excluding ortho intramolecular Hbond substituents is 1. The second-order valence-corrected chi connectivity index (χ2v) is 13.6. The first-order valence-electron chi connectivity index (χ1n) is 13.6. The van der Waals surface area contributed by atoms with Crippen molar-refractivity contribution in [3.8, 4) is 5.75 Å². The molecule has 0 saturated carbocycles. The van der Waals surface area contributed by atoms with E-state index in [9.17, 15) is 26.5 Å². The van der Waals surface area contributed by atoms with Crippen molar-refractivity contribution in [1.29, 1.82) is 0 Å². The maximum absolute atomic E-state index is 12.9. The fourth-order valence-electron chi connectivity index (χ4n) is 4.55. The van der Waals surface area contributed by atoms with Crippen molar-refractivity contribution >= 4 is 70.7 Å². The molecule has 0 atom stereocenters. The van der Waals surface area contributed by atoms with Gasteiger partial charge in [0.25, 0.3) is 20.1 Å². The highest BCUT2D eigenvalue weighted by molar-refractivity contribution is 7.92. The second kappa shape index (κ2) is 12.2. The molecule has 7 N–H and O–H groups in total. The van der Waals surface area contributed by atoms with Crippen molar-refractivity contribution in [2.24, 2.45) is 20.5 Å². The first-order chi connectivity index (χ1) is 21.6. The Balaban J connectivity index is 1.51. The Hall–Kier alpha value is -5.38. The van der Waals surface area contributed by atoms with E-state index in [0.717, 1.165) is 17.2 Å². The van der Waals surface area contributed by atoms with E-state index in [1.54, 1.807) is 44.2 Å². The lowest BCUT2D eigenvalue weighted by molar-refractivity contribution is 0.472. The number of hydrogen-bond acceptors (Lipinski definition) is 11. The standard InChI is InChI=1S/C31H29N7O6S2/c1-17-4-7-21(8-5-17)34-36-29-19(3)14-20-15-26(46(42,43)44)30(31(39)27(20)28(29)33)37-35-22-10-12-24(13-11-22)45(40,41)38-23-9-6-18(2)25(32)16-23/h4-16,38-39H,32-33H2,1-3H3,(H,42,43,44). The van der Waals surface area contributed by atoms with Gasteiger partial charge < -0.3 is 16.6 Å². The van der Waals surface area contributed by atoms with Crippen LogP contribution in [-0.2, 0) is 20.1 Å². The lowest BCUT2D eigenvalue weighted by Crippen LogP contribution is -2.13. The number of nitrogens with two attached hydrogens (primary N) is 2. The minimum absolute atomic E-state index is 0.000841. The lowest BCUT2D eigenvalue weighted by atomic mass is 10.0. The first kappa shape index (κ1) is 32.0. The molecule has 0 amide bonds. The maximum Gasteiger partial charge on any atom is 0.296 e. The quantitative estimate of drug-likeness (QED) is 0.0635. The topological polar surface area (TPSA) is 222 Å². The molecule has 0 saturated heterocycles. The highest BCUT2D eigenvalue weighted by Gasteiger charge is 2.25. The van der Waals surface area contributed by atoms with E-state index in [1.165, 1.54) is 30.3 Å². The third kappa shape index (κ3) is 6.66. The molecule has 0 radical (unpaired) electrons. The van der Waals surface area contributed by atoms with Crippen molar-refractivity contribution in [2.75, 3.05) is 16.2 Å². The number of hydrogen-bond donors (Lipinski definition) is 5. The van der Waals surface area contributed by atoms with Crippen molar-refractivity contribution in [3.63, 3.8) is 0 Å². The normalized spacial score (nSPS) is 12.3. The van der Waals surface area contributed by atoms with Gasteiger partial charge in [0, 0.05) is 5.69 Å². The summed E-state index contributed by atoms with van der Waals surface area (Å²) >= 11 is 0. The highest BCUT2D eigenvalue weighted by Crippen LogP contribution is 2.47. The Morgan fingerprint density at radius 3 is 1.87 bits per heavy atom. The number of anilines is 3. The summed E-state index contributed by atoms with van der Waals surface area (Å²) in [6.07, 6.45) is 0. The Morgan fingerprint density at radius 2 is 1.28 bits per heavy atom. The van der Waals surface area contributed by atoms with Crippen molar-refractivity contribution in [3.05, 3.63) is 95.6 Å². The molecular formula is C31H29N7O6S2. The number of nitrogen functional groups attached to an aromatic ring is 2. The van der Waals surface area contributed by atoms with Crippen LogP contribution in [0.4, 0.5) is 39.8 Å². The van der Waals surface area contributed by atoms with Crippen molar-refractivity contribution < 1.29 is 26.5 Å². The largest absolute Gasteiger partial charge is 0.505 e. The van der Waals surface area contributed by atoms with Crippen LogP contribution in [0.25, 0.3) is 10.8 Å². The molecule has 0 heterocycles. The number of fused-ring (bicyclic) bond motifs is 1. The van der Waals surface area contributed by atoms with E-state index in [1.807, 2.05) is 19.1 Å². The molecule has 46 heavy (non-hydrogen) atoms. The summed E-state index contributed by atoms with van der Waals surface area (Å²) in [5.41, 5.74) is 15.7. The number of nitrogens with one attached hydrogen (secondary N) is 1. The molecule has 236 valence electrons. The molecular weight excluding hydrogens is 631 g/mol. The molecule has 0 aliphatic rings. The smallest absolute Gasteiger partial charge is 0.296 e. The van der Waals surface area contributed by atoms with Gasteiger partial charge in [0.15, 0.2) is 5.75 Å². The zero-order valence-electron chi connectivity index (χ0n) is 24.8. The monoisotopic (exact) mass is 659 g/mol. The number of nitrogens with zero attached hydrogens (tertiary/aromatic N) is 4. The van der Waals surface area contributed by atoms with Crippen molar-refractivity contribution in [1.82, 2.24) is 0 Å². The maximum atomic E-state index is 12.9. The van der Waals surface area contributed by atoms with Crippen LogP contribution < -0.4 is 16.2 Å². The molecule has 5 aromatic carbocycles. The fraction of sp³-hybridized carbons (Fsp3) is 0.0968. The van der Waals surface area contributed by atoms with Crippen LogP contribution in [0, 0.1) is 20.8 Å². The number of phenols is 1. The summed E-state index contributed by atoms with van der Waals surface area (Å²) in [6, 6.07) is 19.9. The van der Waals surface area contributed by atoms with Crippen LogP contribution in [0.5, 0.6) is 5.75 Å². The SMILES string of the molecule is Cc1ccc(N=Nc2c(C)cc3cc(S(=O)(=O)O)c(N=Nc4ccc(S(=O)(=O)Nc5ccc(C)c(N)c5)cc4)c(O)c3c2N)cc1. The van der Waals surface area contributed by atoms with Crippen LogP contribution in [-0.4, -0.2) is 26.5 Å². The molecule has 0 spiro atoms. The molecule has 0 aliphatic carbocycles. The fourth-order valence-corrected chi connectivity index (χ4v) is 6.25. The minimum atomic E-state index is -4.89. The number of aromatic hydroxyl groups is 1. The average molecular weight is 660 g/mol. The Bertz CT molecular complexity index is 2270. The van der Waals surface area contributed by atoms with Crippen LogP contribution in [0.1, 0.15) is 16.7 Å². The lowest BCUT2D eigenvalue weighted by Gasteiger charge is -2.13. The second-order valence-electron chi connectivity index (χ2n) is 10.5. The number of aryl methyl sites for hydroxylation is 3. The van der Waals surface area contributed by atoms with Crippen LogP contribution in [0.2, 0.25) is 0 Å². The van der Waals surface area contributed by atoms with Gasteiger partial charge >= 0.3 is 0 Å². The Morgan fingerprint density at radius 1 is 0.696 bits per heavy atom. The van der Waals surface area contributed by atoms with Gasteiger partial charge in [-0.15, -0.1) is 10.2 Å². The van der Waals surface area contributed by atoms with Gasteiger partial charge in [-0.25, -0.2) is 8.42 Å². The van der Waals surface area contributed by atoms with E-state index in [-0.39, 0.29) is 38.4 Å². The van der Waals surface area contributed by atoms with Gasteiger partial charge in [0.2, 0.25) is 0 Å². The minimum Gasteiger partial charge on any atom is -0.505 e. The summed E-state index contributed by atoms with van der Waals surface area (Å²) in [6.45, 7) is 5.42. The zero-order valence-corrected chi connectivity index (χ0v) is 26.4. The van der Waals surface area contributed by atoms with E-state index in [0.29, 0.717) is 16.9 Å². The first-order valence-corrected chi connectivity index (χ1v) is 16.5. The van der Waals surface area contributed by atoms with Crippen LogP contribution >= 0.6 is 0 Å². The van der Waals surface area contributed by atoms with Crippen LogP contribution in [0.3, 0.4) is 0 Å². The number of rotatable bonds is 8. The summed E-state index contributed by atoms with van der Waals surface area (Å²) in [4.78, 5) is -0.803. The molecule has 5 rings (SSSR count). The molecule has 5 aromatic rings. The van der Waals surface area contributed by atoms with E-state index in [2.05, 4.69) is 25.2 Å². The predicted molar refractivity (Wildman–Crippen MR) is 177 cm³/mol. The van der Waals surface area contributed by atoms with Gasteiger partial charge in [-0.3, -0.25) is 9.27 Å². The van der Waals surface area contributed by atoms with E-state index < -0.39 is 36.5 Å². The van der Waals surface area contributed by atoms with Crippen LogP contribution in [0.15, 0.2) is 109 Å². The van der Waals surface area contributed by atoms with Gasteiger partial charge in [-0.05, 0) is 97.9 Å². The van der Waals surface area contributed by atoms with E-state index >= 15 is 0 Å². The third-order valence-corrected chi connectivity index (χ3v) is 9.33. The average Bonchev–Trinajstić information content (AvgIpc) is 2.98. The van der Waals surface area contributed by atoms with Gasteiger partial charge in [-0.2, -0.15) is 18.6 Å². The van der Waals surface area contributed by atoms with Gasteiger partial charge in [0.1, 0.15) is 16.3 Å². The zero-order chi connectivity index (χ0) is 33.4. The van der Waals surface area contributed by atoms with Crippen molar-refractivity contribution in [2.45, 2.75) is 30.6 Å². The molecule has 0 unspecified atom stereocenters. The van der Waals surface area contributed by atoms with Gasteiger partial charge in [0.05, 0.1) is 33.0 Å². The highest BCUT2D eigenvalue weighted by atomic mass is 32.2. The van der Waals surface area contributed by atoms with Gasteiger partial charge in [-0.1, -0.05) is 23.8 Å². The number of sulfonamides is 1. The Labute approximate surface area is 265 Å². The predicted octanol–water partition coefficient (Wildman–Crippen LogP) is 7.51. The molecule has 0 fully saturated rings. The molecule has 0 aliphatic heterocycles. The summed E-state index contributed by atoms with van der Waals surface area (Å²) < 4.78 is 62.8. The van der Waals surface area contributed by atoms with E-state index in [4.69, 9.17) is 11.5 Å². The number of benzene rings is 5. The molecule has 13 nitrogen and oxygen atoms in total. The molecule has 15 heteroatoms. The third-order valence-electron chi connectivity index (χ3n) is 7.06. The summed E-state index contributed by atoms with van der Waals surface area (Å²) in [5.74, 6) is -0.668. The summed E-state index contributed by atoms with van der Waals surface area (Å²) in [7, 11) is -8.87. The summed E-state index contributed by atoms with van der Waals surface area (Å²) in [5, 5.41) is 27.8.